The third kappa shape index (κ3) is 2.48. The smallest absolute Gasteiger partial charge is 0.352 e. The molecule has 0 N–H and O–H groups in total. The van der Waals surface area contributed by atoms with Crippen LogP contribution in [0.1, 0.15) is 12.5 Å². The Balaban J connectivity index is 1.87. The van der Waals surface area contributed by atoms with Crippen molar-refractivity contribution in [3.63, 3.8) is 0 Å². The summed E-state index contributed by atoms with van der Waals surface area (Å²) in [4.78, 5) is 28.5. The van der Waals surface area contributed by atoms with Crippen LogP contribution in [0.5, 0.6) is 5.75 Å². The Morgan fingerprint density at radius 2 is 1.64 bits per heavy atom. The highest BCUT2D eigenvalue weighted by molar-refractivity contribution is 6.17. The Hall–Kier alpha value is -2.95. The van der Waals surface area contributed by atoms with Crippen LogP contribution in [0, 0.1) is 0 Å². The molecule has 1 atom stereocenters. The summed E-state index contributed by atoms with van der Waals surface area (Å²) in [6.07, 6.45) is 0. The maximum atomic E-state index is 12.3. The number of carbonyl (C=O) groups excluding carboxylic acids is 2. The molecule has 0 spiro atoms. The van der Waals surface area contributed by atoms with Gasteiger partial charge in [-0.3, -0.25) is 0 Å². The van der Waals surface area contributed by atoms with Crippen LogP contribution < -0.4 is 4.74 Å². The summed E-state index contributed by atoms with van der Waals surface area (Å²) in [6.45, 7) is 1.39. The number of cyclic esters (lactones) is 1. The highest BCUT2D eigenvalue weighted by atomic mass is 16.6. The molecule has 0 saturated heterocycles. The van der Waals surface area contributed by atoms with Gasteiger partial charge in [-0.05, 0) is 31.2 Å². The van der Waals surface area contributed by atoms with E-state index in [0.29, 0.717) is 11.3 Å². The monoisotopic (exact) mass is 295 g/mol. The van der Waals surface area contributed by atoms with E-state index in [9.17, 15) is 9.59 Å². The number of ether oxygens (including phenoxy) is 2. The lowest BCUT2D eigenvalue weighted by Crippen LogP contribution is -2.42. The first-order valence-electron chi connectivity index (χ1n) is 6.74. The van der Waals surface area contributed by atoms with Gasteiger partial charge >= 0.3 is 11.9 Å². The van der Waals surface area contributed by atoms with Crippen LogP contribution >= 0.6 is 0 Å². The number of hydrogen-bond acceptors (Lipinski definition) is 5. The van der Waals surface area contributed by atoms with Crippen LogP contribution in [0.15, 0.2) is 65.7 Å². The molecule has 1 aliphatic rings. The minimum absolute atomic E-state index is 0.123. The third-order valence-corrected chi connectivity index (χ3v) is 3.28. The third-order valence-electron chi connectivity index (χ3n) is 3.28. The Labute approximate surface area is 127 Å². The molecule has 0 saturated carbocycles. The Kier molecular flexibility index (Phi) is 3.47. The molecule has 0 unspecified atom stereocenters. The summed E-state index contributed by atoms with van der Waals surface area (Å²) < 4.78 is 10.3. The summed E-state index contributed by atoms with van der Waals surface area (Å²) in [5.74, 6) is -1.04. The molecule has 1 aliphatic heterocycles. The number of carbonyl (C=O) groups is 2. The Bertz CT molecular complexity index is 740. The summed E-state index contributed by atoms with van der Waals surface area (Å²) in [5, 5.41) is 0. The van der Waals surface area contributed by atoms with Gasteiger partial charge in [-0.1, -0.05) is 36.4 Å². The summed E-state index contributed by atoms with van der Waals surface area (Å²) in [5.41, 5.74) is -1.06. The zero-order valence-corrected chi connectivity index (χ0v) is 11.9. The van der Waals surface area contributed by atoms with Crippen molar-refractivity contribution in [1.82, 2.24) is 0 Å². The molecule has 110 valence electrons. The molecular formula is C17H13NO4. The molecule has 0 aromatic heterocycles. The van der Waals surface area contributed by atoms with E-state index in [0.717, 1.165) is 0 Å². The summed E-state index contributed by atoms with van der Waals surface area (Å²) >= 11 is 0. The summed E-state index contributed by atoms with van der Waals surface area (Å²) in [7, 11) is 0. The van der Waals surface area contributed by atoms with Gasteiger partial charge in [0.05, 0.1) is 0 Å². The molecule has 0 amide bonds. The van der Waals surface area contributed by atoms with Gasteiger partial charge in [0, 0.05) is 5.56 Å². The molecule has 0 aliphatic carbocycles. The largest absolute Gasteiger partial charge is 0.424 e. The second-order valence-electron chi connectivity index (χ2n) is 4.95. The van der Waals surface area contributed by atoms with Crippen molar-refractivity contribution in [2.75, 3.05) is 0 Å². The average molecular weight is 295 g/mol. The fourth-order valence-corrected chi connectivity index (χ4v) is 1.99. The number of benzene rings is 2. The van der Waals surface area contributed by atoms with Crippen LogP contribution in [-0.2, 0) is 14.3 Å². The second kappa shape index (κ2) is 5.44. The minimum atomic E-state index is -1.69. The fraction of sp³-hybridized carbons (Fsp3) is 0.118. The van der Waals surface area contributed by atoms with E-state index in [-0.39, 0.29) is 5.90 Å². The molecular weight excluding hydrogens is 282 g/mol. The van der Waals surface area contributed by atoms with Crippen LogP contribution in [-0.4, -0.2) is 23.4 Å². The van der Waals surface area contributed by atoms with Gasteiger partial charge in [0.25, 0.3) is 5.54 Å². The van der Waals surface area contributed by atoms with Crippen molar-refractivity contribution in [3.05, 3.63) is 66.2 Å². The number of para-hydroxylation sites is 1. The van der Waals surface area contributed by atoms with Gasteiger partial charge in [-0.2, -0.15) is 0 Å². The lowest BCUT2D eigenvalue weighted by Gasteiger charge is -2.14. The van der Waals surface area contributed by atoms with Gasteiger partial charge in [0.1, 0.15) is 5.75 Å². The summed E-state index contributed by atoms with van der Waals surface area (Å²) in [6, 6.07) is 17.5. The van der Waals surface area contributed by atoms with Crippen LogP contribution in [0.3, 0.4) is 0 Å². The number of hydrogen-bond donors (Lipinski definition) is 0. The van der Waals surface area contributed by atoms with Crippen LogP contribution in [0.4, 0.5) is 0 Å². The first-order chi connectivity index (χ1) is 10.6. The van der Waals surface area contributed by atoms with Crippen molar-refractivity contribution in [1.29, 1.82) is 0 Å². The molecule has 3 rings (SSSR count). The lowest BCUT2D eigenvalue weighted by atomic mass is 10.1. The fourth-order valence-electron chi connectivity index (χ4n) is 1.99. The van der Waals surface area contributed by atoms with Crippen LogP contribution in [0.2, 0.25) is 0 Å². The van der Waals surface area contributed by atoms with Gasteiger partial charge in [-0.25, -0.2) is 14.6 Å². The lowest BCUT2D eigenvalue weighted by molar-refractivity contribution is -0.150. The van der Waals surface area contributed by atoms with E-state index < -0.39 is 17.5 Å². The maximum Gasteiger partial charge on any atom is 0.352 e. The standard InChI is InChI=1S/C17H13NO4/c1-17(15(19)21-13-10-6-3-7-11-13)16(20)22-14(18-17)12-8-4-2-5-9-12/h2-11H,1H3/t17-/m0/s1. The SMILES string of the molecule is C[C@@]1(C(=O)Oc2ccccc2)N=C(c2ccccc2)OC1=O. The number of aliphatic imine (C=N–C) groups is 1. The molecule has 5 nitrogen and oxygen atoms in total. The van der Waals surface area contributed by atoms with Gasteiger partial charge in [0.15, 0.2) is 0 Å². The number of esters is 2. The average Bonchev–Trinajstić information content (AvgIpc) is 2.86. The van der Waals surface area contributed by atoms with E-state index in [4.69, 9.17) is 9.47 Å². The molecule has 22 heavy (non-hydrogen) atoms. The highest BCUT2D eigenvalue weighted by Crippen LogP contribution is 2.25. The second-order valence-corrected chi connectivity index (χ2v) is 4.95. The van der Waals surface area contributed by atoms with Crippen molar-refractivity contribution in [2.45, 2.75) is 12.5 Å². The van der Waals surface area contributed by atoms with E-state index in [1.54, 1.807) is 54.6 Å². The minimum Gasteiger partial charge on any atom is -0.424 e. The van der Waals surface area contributed by atoms with Crippen LogP contribution in [0.25, 0.3) is 0 Å². The molecule has 0 fully saturated rings. The van der Waals surface area contributed by atoms with E-state index in [2.05, 4.69) is 4.99 Å². The van der Waals surface area contributed by atoms with E-state index >= 15 is 0 Å². The molecule has 2 aromatic rings. The quantitative estimate of drug-likeness (QED) is 0.495. The normalized spacial score (nSPS) is 20.2. The zero-order valence-electron chi connectivity index (χ0n) is 11.9. The van der Waals surface area contributed by atoms with Crippen molar-refractivity contribution < 1.29 is 19.1 Å². The number of nitrogens with zero attached hydrogens (tertiary/aromatic N) is 1. The van der Waals surface area contributed by atoms with Crippen molar-refractivity contribution >= 4 is 17.8 Å². The molecule has 5 heteroatoms. The highest BCUT2D eigenvalue weighted by Gasteiger charge is 2.50. The maximum absolute atomic E-state index is 12.3. The predicted octanol–water partition coefficient (Wildman–Crippen LogP) is 2.35. The van der Waals surface area contributed by atoms with Gasteiger partial charge < -0.3 is 9.47 Å². The van der Waals surface area contributed by atoms with Crippen molar-refractivity contribution in [3.8, 4) is 5.75 Å². The van der Waals surface area contributed by atoms with Crippen molar-refractivity contribution in [2.24, 2.45) is 4.99 Å². The molecule has 0 radical (unpaired) electrons. The predicted molar refractivity (Wildman–Crippen MR) is 79.6 cm³/mol. The Morgan fingerprint density at radius 3 is 2.27 bits per heavy atom. The molecule has 1 heterocycles. The first kappa shape index (κ1) is 14.0. The van der Waals surface area contributed by atoms with Gasteiger partial charge in [-0.15, -0.1) is 0 Å². The van der Waals surface area contributed by atoms with E-state index in [1.165, 1.54) is 6.92 Å². The topological polar surface area (TPSA) is 65.0 Å². The van der Waals surface area contributed by atoms with Gasteiger partial charge in [0.2, 0.25) is 5.90 Å². The first-order valence-corrected chi connectivity index (χ1v) is 6.74. The Morgan fingerprint density at radius 1 is 1.05 bits per heavy atom. The molecule has 2 aromatic carbocycles. The zero-order chi connectivity index (χ0) is 15.6. The van der Waals surface area contributed by atoms with E-state index in [1.807, 2.05) is 6.07 Å². The molecule has 0 bridgehead atoms. The number of rotatable bonds is 3.